The molecule has 0 N–H and O–H groups in total. The lowest BCUT2D eigenvalue weighted by atomic mass is 10.3. The largest absolute Gasteiger partial charge is 0.378 e. The molecule has 1 fully saturated rings. The third-order valence-electron chi connectivity index (χ3n) is 3.47. The van der Waals surface area contributed by atoms with Gasteiger partial charge in [0, 0.05) is 31.7 Å². The number of fused-ring (bicyclic) bond motifs is 1. The van der Waals surface area contributed by atoms with Crippen LogP contribution in [0.15, 0.2) is 37.1 Å². The van der Waals surface area contributed by atoms with Crippen LogP contribution in [0.5, 0.6) is 0 Å². The van der Waals surface area contributed by atoms with Gasteiger partial charge in [-0.05, 0) is 12.1 Å². The number of morpholine rings is 1. The van der Waals surface area contributed by atoms with E-state index in [1.807, 2.05) is 18.3 Å². The Labute approximate surface area is 121 Å². The standard InChI is InChI=1S/C14H14N6O/c1-2-11-12(16-3-1)13(19-6-8-21-9-7-19)18-14(17-11)20-5-4-15-10-20/h1-5,10H,6-9H2. The molecule has 0 bridgehead atoms. The molecule has 0 saturated carbocycles. The van der Waals surface area contributed by atoms with Gasteiger partial charge in [-0.15, -0.1) is 0 Å². The van der Waals surface area contributed by atoms with Gasteiger partial charge in [0.15, 0.2) is 5.82 Å². The summed E-state index contributed by atoms with van der Waals surface area (Å²) in [5.41, 5.74) is 1.65. The lowest BCUT2D eigenvalue weighted by Gasteiger charge is -2.28. The van der Waals surface area contributed by atoms with Crippen LogP contribution in [0.3, 0.4) is 0 Å². The van der Waals surface area contributed by atoms with E-state index in [1.54, 1.807) is 23.3 Å². The van der Waals surface area contributed by atoms with E-state index in [4.69, 9.17) is 4.74 Å². The molecule has 7 nitrogen and oxygen atoms in total. The fraction of sp³-hybridized carbons (Fsp3) is 0.286. The summed E-state index contributed by atoms with van der Waals surface area (Å²) in [4.78, 5) is 19.9. The zero-order chi connectivity index (χ0) is 14.1. The predicted molar refractivity (Wildman–Crippen MR) is 77.5 cm³/mol. The van der Waals surface area contributed by atoms with Crippen molar-refractivity contribution in [2.24, 2.45) is 0 Å². The Morgan fingerprint density at radius 2 is 2.00 bits per heavy atom. The van der Waals surface area contributed by atoms with Crippen LogP contribution in [0.25, 0.3) is 17.0 Å². The van der Waals surface area contributed by atoms with Crippen molar-refractivity contribution in [2.75, 3.05) is 31.2 Å². The third kappa shape index (κ3) is 2.21. The number of ether oxygens (including phenoxy) is 1. The molecule has 4 rings (SSSR count). The molecule has 7 heteroatoms. The maximum absolute atomic E-state index is 5.42. The molecule has 1 saturated heterocycles. The summed E-state index contributed by atoms with van der Waals surface area (Å²) in [5.74, 6) is 1.46. The van der Waals surface area contributed by atoms with Crippen LogP contribution in [-0.2, 0) is 4.74 Å². The summed E-state index contributed by atoms with van der Waals surface area (Å²) in [5, 5.41) is 0. The van der Waals surface area contributed by atoms with E-state index in [0.29, 0.717) is 19.2 Å². The van der Waals surface area contributed by atoms with Crippen LogP contribution in [0.1, 0.15) is 0 Å². The Bertz CT molecular complexity index is 751. The zero-order valence-corrected chi connectivity index (χ0v) is 11.4. The van der Waals surface area contributed by atoms with E-state index in [-0.39, 0.29) is 0 Å². The second-order valence-electron chi connectivity index (χ2n) is 4.79. The van der Waals surface area contributed by atoms with Crippen molar-refractivity contribution in [3.63, 3.8) is 0 Å². The van der Waals surface area contributed by atoms with Crippen LogP contribution < -0.4 is 4.90 Å². The molecule has 0 spiro atoms. The van der Waals surface area contributed by atoms with Gasteiger partial charge < -0.3 is 9.64 Å². The van der Waals surface area contributed by atoms with E-state index < -0.39 is 0 Å². The number of nitrogens with zero attached hydrogens (tertiary/aromatic N) is 6. The first kappa shape index (κ1) is 12.2. The molecule has 0 atom stereocenters. The van der Waals surface area contributed by atoms with Crippen LogP contribution in [0.4, 0.5) is 5.82 Å². The summed E-state index contributed by atoms with van der Waals surface area (Å²) >= 11 is 0. The van der Waals surface area contributed by atoms with Crippen molar-refractivity contribution in [1.82, 2.24) is 24.5 Å². The molecule has 21 heavy (non-hydrogen) atoms. The molecule has 1 aliphatic rings. The van der Waals surface area contributed by atoms with Gasteiger partial charge in [-0.25, -0.2) is 9.97 Å². The second kappa shape index (κ2) is 5.10. The lowest BCUT2D eigenvalue weighted by molar-refractivity contribution is 0.122. The molecule has 3 aromatic rings. The Morgan fingerprint density at radius 3 is 2.81 bits per heavy atom. The number of imidazole rings is 1. The van der Waals surface area contributed by atoms with Crippen LogP contribution in [0.2, 0.25) is 0 Å². The smallest absolute Gasteiger partial charge is 0.237 e. The molecular formula is C14H14N6O. The van der Waals surface area contributed by atoms with Crippen LogP contribution in [-0.4, -0.2) is 50.8 Å². The van der Waals surface area contributed by atoms with Gasteiger partial charge >= 0.3 is 0 Å². The summed E-state index contributed by atoms with van der Waals surface area (Å²) in [6.07, 6.45) is 7.01. The Balaban J connectivity index is 1.90. The topological polar surface area (TPSA) is 69.0 Å². The maximum Gasteiger partial charge on any atom is 0.237 e. The summed E-state index contributed by atoms with van der Waals surface area (Å²) in [6, 6.07) is 3.84. The predicted octanol–water partition coefficient (Wildman–Crippen LogP) is 1.05. The molecule has 0 aromatic carbocycles. The molecular weight excluding hydrogens is 268 g/mol. The van der Waals surface area contributed by atoms with Gasteiger partial charge in [-0.3, -0.25) is 9.55 Å². The SMILES string of the molecule is c1cnc2c(N3CCOCC3)nc(-n3ccnc3)nc2c1. The number of hydrogen-bond donors (Lipinski definition) is 0. The van der Waals surface area contributed by atoms with E-state index in [0.717, 1.165) is 29.9 Å². The highest BCUT2D eigenvalue weighted by atomic mass is 16.5. The molecule has 4 heterocycles. The Kier molecular flexibility index (Phi) is 2.97. The molecule has 106 valence electrons. The quantitative estimate of drug-likeness (QED) is 0.699. The number of pyridine rings is 1. The minimum Gasteiger partial charge on any atom is -0.378 e. The van der Waals surface area contributed by atoms with E-state index >= 15 is 0 Å². The van der Waals surface area contributed by atoms with E-state index in [1.165, 1.54) is 0 Å². The van der Waals surface area contributed by atoms with Crippen molar-refractivity contribution in [1.29, 1.82) is 0 Å². The summed E-state index contributed by atoms with van der Waals surface area (Å²) < 4.78 is 7.22. The average Bonchev–Trinajstić information content (AvgIpc) is 3.09. The normalized spacial score (nSPS) is 15.5. The highest BCUT2D eigenvalue weighted by Gasteiger charge is 2.18. The molecule has 0 radical (unpaired) electrons. The second-order valence-corrected chi connectivity index (χ2v) is 4.79. The van der Waals surface area contributed by atoms with Crippen molar-refractivity contribution in [3.8, 4) is 5.95 Å². The minimum atomic E-state index is 0.606. The lowest BCUT2D eigenvalue weighted by Crippen LogP contribution is -2.37. The summed E-state index contributed by atoms with van der Waals surface area (Å²) in [7, 11) is 0. The molecule has 0 amide bonds. The van der Waals surface area contributed by atoms with Gasteiger partial charge in [-0.1, -0.05) is 0 Å². The van der Waals surface area contributed by atoms with Crippen LogP contribution >= 0.6 is 0 Å². The van der Waals surface area contributed by atoms with Gasteiger partial charge in [0.05, 0.1) is 18.7 Å². The van der Waals surface area contributed by atoms with Gasteiger partial charge in [0.25, 0.3) is 0 Å². The highest BCUT2D eigenvalue weighted by molar-refractivity contribution is 5.86. The zero-order valence-electron chi connectivity index (χ0n) is 11.4. The molecule has 0 aliphatic carbocycles. The number of aromatic nitrogens is 5. The minimum absolute atomic E-state index is 0.606. The summed E-state index contributed by atoms with van der Waals surface area (Å²) in [6.45, 7) is 3.04. The van der Waals surface area contributed by atoms with Crippen LogP contribution in [0, 0.1) is 0 Å². The van der Waals surface area contributed by atoms with Gasteiger partial charge in [0.2, 0.25) is 5.95 Å². The molecule has 3 aromatic heterocycles. The van der Waals surface area contributed by atoms with Crippen molar-refractivity contribution < 1.29 is 4.74 Å². The first-order valence-electron chi connectivity index (χ1n) is 6.85. The van der Waals surface area contributed by atoms with Crippen molar-refractivity contribution in [3.05, 3.63) is 37.1 Å². The third-order valence-corrected chi connectivity index (χ3v) is 3.47. The van der Waals surface area contributed by atoms with E-state index in [9.17, 15) is 0 Å². The monoisotopic (exact) mass is 282 g/mol. The number of anilines is 1. The highest BCUT2D eigenvalue weighted by Crippen LogP contribution is 2.23. The van der Waals surface area contributed by atoms with Crippen molar-refractivity contribution in [2.45, 2.75) is 0 Å². The maximum atomic E-state index is 5.42. The molecule has 0 unspecified atom stereocenters. The van der Waals surface area contributed by atoms with Crippen molar-refractivity contribution >= 4 is 16.9 Å². The van der Waals surface area contributed by atoms with Gasteiger partial charge in [0.1, 0.15) is 11.8 Å². The first-order chi connectivity index (χ1) is 10.4. The fourth-order valence-electron chi connectivity index (χ4n) is 2.43. The number of hydrogen-bond acceptors (Lipinski definition) is 6. The Hall–Kier alpha value is -2.54. The van der Waals surface area contributed by atoms with E-state index in [2.05, 4.69) is 24.8 Å². The number of rotatable bonds is 2. The van der Waals surface area contributed by atoms with Gasteiger partial charge in [-0.2, -0.15) is 4.98 Å². The average molecular weight is 282 g/mol. The molecule has 1 aliphatic heterocycles. The first-order valence-corrected chi connectivity index (χ1v) is 6.85. The Morgan fingerprint density at radius 1 is 1.10 bits per heavy atom. The fourth-order valence-corrected chi connectivity index (χ4v) is 2.43.